The number of anilines is 1. The minimum Gasteiger partial charge on any atom is -0.426 e. The van der Waals surface area contributed by atoms with Crippen LogP contribution in [0.25, 0.3) is 0 Å². The van der Waals surface area contributed by atoms with Crippen molar-refractivity contribution in [1.29, 1.82) is 0 Å². The van der Waals surface area contributed by atoms with Gasteiger partial charge in [-0.1, -0.05) is 24.3 Å². The van der Waals surface area contributed by atoms with Crippen LogP contribution in [-0.4, -0.2) is 11.9 Å². The molecule has 0 aliphatic heterocycles. The highest BCUT2D eigenvalue weighted by molar-refractivity contribution is 5.88. The van der Waals surface area contributed by atoms with Crippen LogP contribution in [0.15, 0.2) is 48.5 Å². The number of amides is 1. The summed E-state index contributed by atoms with van der Waals surface area (Å²) in [7, 11) is 0. The van der Waals surface area contributed by atoms with E-state index in [1.54, 1.807) is 24.3 Å². The number of hydrogen-bond donors (Lipinski definition) is 1. The first-order chi connectivity index (χ1) is 11.1. The van der Waals surface area contributed by atoms with Crippen LogP contribution in [-0.2, 0) is 16.0 Å². The minimum absolute atomic E-state index is 0.131. The molecule has 1 aliphatic rings. The van der Waals surface area contributed by atoms with Gasteiger partial charge in [0.1, 0.15) is 5.75 Å². The molecule has 1 aliphatic carbocycles. The molecule has 1 unspecified atom stereocenters. The Hall–Kier alpha value is -2.62. The van der Waals surface area contributed by atoms with Crippen LogP contribution in [0.2, 0.25) is 0 Å². The highest BCUT2D eigenvalue weighted by atomic mass is 16.5. The third-order valence-corrected chi connectivity index (χ3v) is 4.05. The zero-order chi connectivity index (χ0) is 16.2. The van der Waals surface area contributed by atoms with Crippen LogP contribution >= 0.6 is 0 Å². The van der Waals surface area contributed by atoms with Gasteiger partial charge >= 0.3 is 5.97 Å². The van der Waals surface area contributed by atoms with Gasteiger partial charge < -0.3 is 10.1 Å². The van der Waals surface area contributed by atoms with Gasteiger partial charge in [0.2, 0.25) is 5.91 Å². The van der Waals surface area contributed by atoms with Crippen LogP contribution in [0.3, 0.4) is 0 Å². The van der Waals surface area contributed by atoms with Crippen LogP contribution in [0.1, 0.15) is 36.8 Å². The van der Waals surface area contributed by atoms with Gasteiger partial charge in [-0.25, -0.2) is 0 Å². The van der Waals surface area contributed by atoms with E-state index in [2.05, 4.69) is 11.4 Å². The summed E-state index contributed by atoms with van der Waals surface area (Å²) in [5.41, 5.74) is 3.00. The lowest BCUT2D eigenvalue weighted by molar-refractivity contribution is -0.136. The van der Waals surface area contributed by atoms with Gasteiger partial charge in [-0.05, 0) is 54.7 Å². The molecule has 3 rings (SSSR count). The van der Waals surface area contributed by atoms with E-state index in [9.17, 15) is 9.59 Å². The topological polar surface area (TPSA) is 55.4 Å². The van der Waals surface area contributed by atoms with Gasteiger partial charge in [0.25, 0.3) is 0 Å². The summed E-state index contributed by atoms with van der Waals surface area (Å²) in [5, 5.41) is 2.68. The fourth-order valence-corrected chi connectivity index (χ4v) is 3.00. The summed E-state index contributed by atoms with van der Waals surface area (Å²) in [4.78, 5) is 23.5. The molecule has 4 heteroatoms. The monoisotopic (exact) mass is 309 g/mol. The number of aryl methyl sites for hydroxylation is 1. The standard InChI is InChI=1S/C19H19NO3/c1-13(21)20-15-9-11-16(12-10-15)23-19(22)18-8-4-6-14-5-2-3-7-17(14)18/h2-3,5,7,9-12,18H,4,6,8H2,1H3,(H,20,21). The van der Waals surface area contributed by atoms with E-state index in [1.165, 1.54) is 12.5 Å². The van der Waals surface area contributed by atoms with E-state index in [0.29, 0.717) is 11.4 Å². The summed E-state index contributed by atoms with van der Waals surface area (Å²) < 4.78 is 5.52. The van der Waals surface area contributed by atoms with Crippen LogP contribution < -0.4 is 10.1 Å². The number of hydrogen-bond acceptors (Lipinski definition) is 3. The lowest BCUT2D eigenvalue weighted by Crippen LogP contribution is -2.22. The maximum absolute atomic E-state index is 12.5. The van der Waals surface area contributed by atoms with Gasteiger partial charge in [-0.15, -0.1) is 0 Å². The fourth-order valence-electron chi connectivity index (χ4n) is 3.00. The van der Waals surface area contributed by atoms with Gasteiger partial charge in [0, 0.05) is 12.6 Å². The van der Waals surface area contributed by atoms with Crippen molar-refractivity contribution in [2.24, 2.45) is 0 Å². The Labute approximate surface area is 135 Å². The van der Waals surface area contributed by atoms with E-state index < -0.39 is 0 Å². The number of fused-ring (bicyclic) bond motifs is 1. The van der Waals surface area contributed by atoms with Gasteiger partial charge in [0.15, 0.2) is 0 Å². The minimum atomic E-state index is -0.218. The molecule has 2 aromatic carbocycles. The highest BCUT2D eigenvalue weighted by Gasteiger charge is 2.27. The highest BCUT2D eigenvalue weighted by Crippen LogP contribution is 2.32. The summed E-state index contributed by atoms with van der Waals surface area (Å²) in [6, 6.07) is 14.9. The van der Waals surface area contributed by atoms with Crippen molar-refractivity contribution in [2.75, 3.05) is 5.32 Å². The van der Waals surface area contributed by atoms with E-state index in [0.717, 1.165) is 24.8 Å². The number of esters is 1. The Morgan fingerprint density at radius 2 is 1.83 bits per heavy atom. The molecule has 0 bridgehead atoms. The molecule has 0 saturated carbocycles. The van der Waals surface area contributed by atoms with Gasteiger partial charge in [0.05, 0.1) is 5.92 Å². The number of ether oxygens (including phenoxy) is 1. The predicted molar refractivity (Wildman–Crippen MR) is 88.5 cm³/mol. The second-order valence-electron chi connectivity index (χ2n) is 5.77. The Balaban J connectivity index is 1.71. The average Bonchev–Trinajstić information content (AvgIpc) is 2.55. The number of benzene rings is 2. The Morgan fingerprint density at radius 3 is 2.57 bits per heavy atom. The van der Waals surface area contributed by atoms with Crippen LogP contribution in [0.4, 0.5) is 5.69 Å². The number of nitrogens with one attached hydrogen (secondary N) is 1. The van der Waals surface area contributed by atoms with E-state index >= 15 is 0 Å². The Bertz CT molecular complexity index is 722. The van der Waals surface area contributed by atoms with Crippen molar-refractivity contribution in [1.82, 2.24) is 0 Å². The first-order valence-electron chi connectivity index (χ1n) is 7.80. The summed E-state index contributed by atoms with van der Waals surface area (Å²) in [6.07, 6.45) is 2.84. The molecule has 4 nitrogen and oxygen atoms in total. The SMILES string of the molecule is CC(=O)Nc1ccc(OC(=O)C2CCCc3ccccc32)cc1. The average molecular weight is 309 g/mol. The molecule has 0 fully saturated rings. The van der Waals surface area contributed by atoms with Crippen LogP contribution in [0, 0.1) is 0 Å². The third kappa shape index (κ3) is 3.59. The molecule has 0 heterocycles. The van der Waals surface area contributed by atoms with Gasteiger partial charge in [-0.3, -0.25) is 9.59 Å². The summed E-state index contributed by atoms with van der Waals surface area (Å²) >= 11 is 0. The predicted octanol–water partition coefficient (Wildman–Crippen LogP) is 3.67. The van der Waals surface area contributed by atoms with Crippen molar-refractivity contribution in [2.45, 2.75) is 32.1 Å². The maximum Gasteiger partial charge on any atom is 0.318 e. The summed E-state index contributed by atoms with van der Waals surface area (Å²) in [6.45, 7) is 1.45. The molecular weight excluding hydrogens is 290 g/mol. The fraction of sp³-hybridized carbons (Fsp3) is 0.263. The Kier molecular flexibility index (Phi) is 4.42. The van der Waals surface area contributed by atoms with E-state index in [4.69, 9.17) is 4.74 Å². The Morgan fingerprint density at radius 1 is 1.09 bits per heavy atom. The molecule has 23 heavy (non-hydrogen) atoms. The molecule has 1 amide bonds. The number of carbonyl (C=O) groups is 2. The van der Waals surface area contributed by atoms with E-state index in [1.807, 2.05) is 18.2 Å². The first-order valence-corrected chi connectivity index (χ1v) is 7.80. The second-order valence-corrected chi connectivity index (χ2v) is 5.77. The molecule has 0 radical (unpaired) electrons. The largest absolute Gasteiger partial charge is 0.426 e. The number of carbonyl (C=O) groups excluding carboxylic acids is 2. The number of rotatable bonds is 3. The third-order valence-electron chi connectivity index (χ3n) is 4.05. The van der Waals surface area contributed by atoms with Crippen molar-refractivity contribution in [3.8, 4) is 5.75 Å². The molecule has 1 N–H and O–H groups in total. The van der Waals surface area contributed by atoms with E-state index in [-0.39, 0.29) is 17.8 Å². The van der Waals surface area contributed by atoms with Crippen molar-refractivity contribution in [3.63, 3.8) is 0 Å². The molecule has 0 spiro atoms. The molecular formula is C19H19NO3. The normalized spacial score (nSPS) is 16.3. The molecule has 2 aromatic rings. The lowest BCUT2D eigenvalue weighted by atomic mass is 9.83. The molecule has 0 aromatic heterocycles. The lowest BCUT2D eigenvalue weighted by Gasteiger charge is -2.23. The van der Waals surface area contributed by atoms with Crippen molar-refractivity contribution >= 4 is 17.6 Å². The smallest absolute Gasteiger partial charge is 0.318 e. The van der Waals surface area contributed by atoms with Gasteiger partial charge in [-0.2, -0.15) is 0 Å². The van der Waals surface area contributed by atoms with Crippen molar-refractivity contribution < 1.29 is 14.3 Å². The van der Waals surface area contributed by atoms with Crippen molar-refractivity contribution in [3.05, 3.63) is 59.7 Å². The van der Waals surface area contributed by atoms with Crippen LogP contribution in [0.5, 0.6) is 5.75 Å². The summed E-state index contributed by atoms with van der Waals surface area (Å²) in [5.74, 6) is -0.0555. The quantitative estimate of drug-likeness (QED) is 0.695. The zero-order valence-corrected chi connectivity index (χ0v) is 13.0. The zero-order valence-electron chi connectivity index (χ0n) is 13.0. The maximum atomic E-state index is 12.5. The molecule has 118 valence electrons. The first kappa shape index (κ1) is 15.3. The second kappa shape index (κ2) is 6.65. The molecule has 0 saturated heterocycles. The molecule has 1 atom stereocenters.